The molecule has 0 radical (unpaired) electrons. The van der Waals surface area contributed by atoms with E-state index in [2.05, 4.69) is 0 Å². The minimum atomic E-state index is -0.722. The predicted octanol–water partition coefficient (Wildman–Crippen LogP) is 0.516. The third kappa shape index (κ3) is 0.600. The highest BCUT2D eigenvalue weighted by molar-refractivity contribution is 5.87. The molecule has 3 N–H and O–H groups in total. The first-order valence-corrected chi connectivity index (χ1v) is 4.16. The Hall–Kier alpha value is -0.570. The van der Waals surface area contributed by atoms with E-state index in [9.17, 15) is 9.90 Å². The van der Waals surface area contributed by atoms with Crippen molar-refractivity contribution < 1.29 is 9.90 Å². The Morgan fingerprint density at radius 1 is 1.25 bits per heavy atom. The van der Waals surface area contributed by atoms with Gasteiger partial charge in [0.25, 0.3) is 0 Å². The molecule has 1 amide bonds. The second kappa shape index (κ2) is 2.02. The van der Waals surface area contributed by atoms with Gasteiger partial charge in [0, 0.05) is 0 Å². The van der Waals surface area contributed by atoms with Crippen LogP contribution in [0.5, 0.6) is 0 Å². The summed E-state index contributed by atoms with van der Waals surface area (Å²) in [5, 5.41) is 9.20. The second-order valence-corrected chi connectivity index (χ2v) is 4.68. The molecular formula is C9H17NO2. The summed E-state index contributed by atoms with van der Waals surface area (Å²) in [5.74, 6) is -0.389. The summed E-state index contributed by atoms with van der Waals surface area (Å²) < 4.78 is 0. The molecule has 1 fully saturated rings. The zero-order chi connectivity index (χ0) is 9.78. The summed E-state index contributed by atoms with van der Waals surface area (Å²) in [6.07, 6.45) is 0. The third-order valence-electron chi connectivity index (χ3n) is 4.29. The maximum absolute atomic E-state index is 11.2. The molecule has 0 saturated heterocycles. The molecule has 1 saturated carbocycles. The van der Waals surface area contributed by atoms with E-state index in [1.165, 1.54) is 0 Å². The van der Waals surface area contributed by atoms with Gasteiger partial charge >= 0.3 is 0 Å². The fourth-order valence-corrected chi connectivity index (χ4v) is 2.52. The van der Waals surface area contributed by atoms with Crippen molar-refractivity contribution >= 4 is 5.91 Å². The van der Waals surface area contributed by atoms with Gasteiger partial charge in [0.1, 0.15) is 0 Å². The molecule has 0 aromatic rings. The van der Waals surface area contributed by atoms with Crippen LogP contribution in [0.15, 0.2) is 0 Å². The van der Waals surface area contributed by atoms with E-state index >= 15 is 0 Å². The molecule has 0 spiro atoms. The molecule has 1 aliphatic rings. The largest absolute Gasteiger partial charge is 0.395 e. The zero-order valence-corrected chi connectivity index (χ0v) is 8.14. The molecular weight excluding hydrogens is 154 g/mol. The molecule has 70 valence electrons. The van der Waals surface area contributed by atoms with Crippen LogP contribution in [-0.4, -0.2) is 17.6 Å². The molecule has 0 aromatic carbocycles. The number of carbonyl (C=O) groups is 1. The maximum atomic E-state index is 11.2. The van der Waals surface area contributed by atoms with Gasteiger partial charge in [0.05, 0.1) is 12.0 Å². The Morgan fingerprint density at radius 2 is 1.58 bits per heavy atom. The van der Waals surface area contributed by atoms with Crippen LogP contribution in [0.2, 0.25) is 0 Å². The normalized spacial score (nSPS) is 28.1. The average molecular weight is 171 g/mol. The molecule has 0 atom stereocenters. The van der Waals surface area contributed by atoms with Crippen molar-refractivity contribution in [2.75, 3.05) is 6.61 Å². The number of amides is 1. The van der Waals surface area contributed by atoms with Crippen LogP contribution in [0.25, 0.3) is 0 Å². The predicted molar refractivity (Wildman–Crippen MR) is 46.3 cm³/mol. The lowest BCUT2D eigenvalue weighted by molar-refractivity contribution is -0.126. The Bertz CT molecular complexity index is 217. The van der Waals surface area contributed by atoms with Crippen molar-refractivity contribution in [1.82, 2.24) is 0 Å². The van der Waals surface area contributed by atoms with Crippen molar-refractivity contribution in [1.29, 1.82) is 0 Å². The van der Waals surface area contributed by atoms with Crippen LogP contribution in [0.1, 0.15) is 27.7 Å². The van der Waals surface area contributed by atoms with E-state index in [0.717, 1.165) is 0 Å². The second-order valence-electron chi connectivity index (χ2n) is 4.68. The first-order chi connectivity index (χ1) is 5.25. The third-order valence-corrected chi connectivity index (χ3v) is 4.29. The number of aliphatic hydroxyl groups is 1. The number of primary amides is 1. The molecule has 12 heavy (non-hydrogen) atoms. The lowest BCUT2D eigenvalue weighted by Crippen LogP contribution is -2.33. The molecule has 1 rings (SSSR count). The Kier molecular flexibility index (Phi) is 1.60. The summed E-state index contributed by atoms with van der Waals surface area (Å²) in [7, 11) is 0. The van der Waals surface area contributed by atoms with Gasteiger partial charge in [-0.3, -0.25) is 4.79 Å². The van der Waals surface area contributed by atoms with E-state index in [0.29, 0.717) is 0 Å². The number of hydrogen-bond acceptors (Lipinski definition) is 2. The van der Waals surface area contributed by atoms with Gasteiger partial charge in [-0.25, -0.2) is 0 Å². The topological polar surface area (TPSA) is 63.3 Å². The number of nitrogens with two attached hydrogens (primary N) is 1. The van der Waals surface area contributed by atoms with E-state index in [4.69, 9.17) is 5.73 Å². The van der Waals surface area contributed by atoms with E-state index < -0.39 is 5.41 Å². The SMILES string of the molecule is CC1(C)C(C)(C)C1(CO)C(N)=O. The minimum absolute atomic E-state index is 0.150. The van der Waals surface area contributed by atoms with Crippen LogP contribution in [0.4, 0.5) is 0 Å². The smallest absolute Gasteiger partial charge is 0.227 e. The van der Waals surface area contributed by atoms with E-state index in [1.807, 2.05) is 27.7 Å². The zero-order valence-electron chi connectivity index (χ0n) is 8.14. The molecule has 0 unspecified atom stereocenters. The van der Waals surface area contributed by atoms with Gasteiger partial charge in [-0.2, -0.15) is 0 Å². The summed E-state index contributed by atoms with van der Waals surface area (Å²) in [6, 6.07) is 0. The van der Waals surface area contributed by atoms with Crippen LogP contribution in [0.3, 0.4) is 0 Å². The molecule has 3 heteroatoms. The quantitative estimate of drug-likeness (QED) is 0.636. The van der Waals surface area contributed by atoms with Crippen molar-refractivity contribution in [3.8, 4) is 0 Å². The maximum Gasteiger partial charge on any atom is 0.227 e. The highest BCUT2D eigenvalue weighted by Crippen LogP contribution is 2.77. The molecule has 0 bridgehead atoms. The van der Waals surface area contributed by atoms with Gasteiger partial charge in [-0.05, 0) is 10.8 Å². The van der Waals surface area contributed by atoms with E-state index in [-0.39, 0.29) is 23.3 Å². The number of hydrogen-bond donors (Lipinski definition) is 2. The number of aliphatic hydroxyl groups excluding tert-OH is 1. The number of rotatable bonds is 2. The summed E-state index contributed by atoms with van der Waals surface area (Å²) >= 11 is 0. The van der Waals surface area contributed by atoms with Crippen LogP contribution in [-0.2, 0) is 4.79 Å². The van der Waals surface area contributed by atoms with Crippen LogP contribution in [0, 0.1) is 16.2 Å². The highest BCUT2D eigenvalue weighted by Gasteiger charge is 2.80. The molecule has 0 heterocycles. The summed E-state index contributed by atoms with van der Waals surface area (Å²) in [6.45, 7) is 7.71. The fraction of sp³-hybridized carbons (Fsp3) is 0.889. The molecule has 0 aromatic heterocycles. The standard InChI is InChI=1S/C9H17NO2/c1-7(2)8(3,4)9(7,5-11)6(10)12/h11H,5H2,1-4H3,(H2,10,12). The van der Waals surface area contributed by atoms with Gasteiger partial charge in [0.2, 0.25) is 5.91 Å². The Balaban J connectivity index is 3.11. The minimum Gasteiger partial charge on any atom is -0.395 e. The summed E-state index contributed by atoms with van der Waals surface area (Å²) in [4.78, 5) is 11.2. The molecule has 0 aliphatic heterocycles. The van der Waals surface area contributed by atoms with Gasteiger partial charge in [-0.15, -0.1) is 0 Å². The van der Waals surface area contributed by atoms with Crippen LogP contribution < -0.4 is 5.73 Å². The van der Waals surface area contributed by atoms with Crippen molar-refractivity contribution in [2.45, 2.75) is 27.7 Å². The fourth-order valence-electron chi connectivity index (χ4n) is 2.52. The Labute approximate surface area is 72.9 Å². The average Bonchev–Trinajstić information content (AvgIpc) is 2.21. The van der Waals surface area contributed by atoms with Crippen molar-refractivity contribution in [2.24, 2.45) is 22.0 Å². The van der Waals surface area contributed by atoms with Gasteiger partial charge in [0.15, 0.2) is 0 Å². The van der Waals surface area contributed by atoms with Crippen molar-refractivity contribution in [3.05, 3.63) is 0 Å². The number of carbonyl (C=O) groups excluding carboxylic acids is 1. The van der Waals surface area contributed by atoms with Crippen LogP contribution >= 0.6 is 0 Å². The first kappa shape index (κ1) is 9.52. The lowest BCUT2D eigenvalue weighted by atomic mass is 9.95. The van der Waals surface area contributed by atoms with Gasteiger partial charge < -0.3 is 10.8 Å². The van der Waals surface area contributed by atoms with E-state index in [1.54, 1.807) is 0 Å². The lowest BCUT2D eigenvalue weighted by Gasteiger charge is -2.13. The summed E-state index contributed by atoms with van der Waals surface area (Å²) in [5.41, 5.74) is 4.19. The Morgan fingerprint density at radius 3 is 1.58 bits per heavy atom. The molecule has 1 aliphatic carbocycles. The molecule has 3 nitrogen and oxygen atoms in total. The van der Waals surface area contributed by atoms with Crippen molar-refractivity contribution in [3.63, 3.8) is 0 Å². The monoisotopic (exact) mass is 171 g/mol. The van der Waals surface area contributed by atoms with Gasteiger partial charge in [-0.1, -0.05) is 27.7 Å². The highest BCUT2D eigenvalue weighted by atomic mass is 16.3. The first-order valence-electron chi connectivity index (χ1n) is 4.16.